The van der Waals surface area contributed by atoms with Crippen molar-refractivity contribution in [2.45, 2.75) is 39.0 Å². The van der Waals surface area contributed by atoms with Crippen molar-refractivity contribution in [1.82, 2.24) is 5.32 Å². The highest BCUT2D eigenvalue weighted by Gasteiger charge is 2.34. The summed E-state index contributed by atoms with van der Waals surface area (Å²) in [5.41, 5.74) is 0.0197. The maximum atomic E-state index is 13.0. The van der Waals surface area contributed by atoms with Crippen LogP contribution in [0.3, 0.4) is 0 Å². The number of hydrogen-bond donors (Lipinski definition) is 1. The minimum atomic E-state index is -4.32. The molecule has 2 atom stereocenters. The van der Waals surface area contributed by atoms with E-state index in [9.17, 15) is 13.2 Å². The quantitative estimate of drug-likeness (QED) is 0.841. The van der Waals surface area contributed by atoms with Crippen molar-refractivity contribution in [3.05, 3.63) is 28.2 Å². The molecule has 6 heteroatoms. The van der Waals surface area contributed by atoms with Crippen molar-refractivity contribution in [2.24, 2.45) is 5.92 Å². The molecule has 1 aromatic rings. The van der Waals surface area contributed by atoms with Gasteiger partial charge in [0.05, 0.1) is 11.3 Å². The van der Waals surface area contributed by atoms with Gasteiger partial charge in [0.15, 0.2) is 0 Å². The Labute approximate surface area is 131 Å². The van der Waals surface area contributed by atoms with Crippen LogP contribution in [-0.4, -0.2) is 25.2 Å². The topological polar surface area (TPSA) is 15.3 Å². The molecule has 0 spiro atoms. The first-order valence-electron chi connectivity index (χ1n) is 7.07. The molecule has 118 valence electrons. The van der Waals surface area contributed by atoms with Crippen LogP contribution in [0.5, 0.6) is 0 Å². The number of rotatable bonds is 2. The predicted molar refractivity (Wildman–Crippen MR) is 82.6 cm³/mol. The van der Waals surface area contributed by atoms with Gasteiger partial charge in [-0.1, -0.05) is 13.8 Å². The minimum Gasteiger partial charge on any atom is -0.365 e. The van der Waals surface area contributed by atoms with E-state index in [0.717, 1.165) is 12.6 Å². The number of halogens is 4. The summed E-state index contributed by atoms with van der Waals surface area (Å²) in [5.74, 6) is 0.353. The van der Waals surface area contributed by atoms with Gasteiger partial charge in [-0.2, -0.15) is 13.2 Å². The Morgan fingerprint density at radius 3 is 2.57 bits per heavy atom. The molecule has 2 rings (SSSR count). The maximum Gasteiger partial charge on any atom is 0.416 e. The van der Waals surface area contributed by atoms with Gasteiger partial charge in [-0.25, -0.2) is 0 Å². The third-order valence-corrected chi connectivity index (χ3v) is 4.57. The summed E-state index contributed by atoms with van der Waals surface area (Å²) in [5, 5.41) is 3.40. The second-order valence-electron chi connectivity index (χ2n) is 5.94. The van der Waals surface area contributed by atoms with Gasteiger partial charge < -0.3 is 10.2 Å². The highest BCUT2D eigenvalue weighted by atomic mass is 79.9. The largest absolute Gasteiger partial charge is 0.416 e. The number of hydrogen-bond acceptors (Lipinski definition) is 2. The minimum absolute atomic E-state index is 0.181. The molecular weight excluding hydrogens is 345 g/mol. The standard InChI is InChI=1S/C15H20BrF3N2/c1-9(2)14-7-20-10(3)8-21(14)13-6-11(15(17,18)19)4-5-12(13)16/h4-6,9-10,14,20H,7-8H2,1-3H3. The van der Waals surface area contributed by atoms with E-state index in [-0.39, 0.29) is 12.1 Å². The van der Waals surface area contributed by atoms with E-state index in [0.29, 0.717) is 22.6 Å². The number of nitrogens with one attached hydrogen (secondary N) is 1. The molecule has 0 saturated carbocycles. The summed E-state index contributed by atoms with van der Waals surface area (Å²) < 4.78 is 39.6. The number of anilines is 1. The van der Waals surface area contributed by atoms with Crippen LogP contribution in [0.25, 0.3) is 0 Å². The SMILES string of the molecule is CC1CN(c2cc(C(F)(F)F)ccc2Br)C(C(C)C)CN1. The zero-order chi connectivity index (χ0) is 15.8. The van der Waals surface area contributed by atoms with E-state index in [1.54, 1.807) is 0 Å². The highest BCUT2D eigenvalue weighted by Crippen LogP contribution is 2.37. The molecule has 0 aromatic heterocycles. The van der Waals surface area contributed by atoms with Crippen molar-refractivity contribution in [2.75, 3.05) is 18.0 Å². The Balaban J connectivity index is 2.42. The van der Waals surface area contributed by atoms with Crippen LogP contribution in [0, 0.1) is 5.92 Å². The molecule has 0 amide bonds. The van der Waals surface area contributed by atoms with Crippen molar-refractivity contribution in [1.29, 1.82) is 0 Å². The Morgan fingerprint density at radius 2 is 2.00 bits per heavy atom. The lowest BCUT2D eigenvalue weighted by atomic mass is 9.97. The van der Waals surface area contributed by atoms with Gasteiger partial charge in [0.1, 0.15) is 0 Å². The van der Waals surface area contributed by atoms with Crippen LogP contribution in [0.15, 0.2) is 22.7 Å². The third-order valence-electron chi connectivity index (χ3n) is 3.90. The van der Waals surface area contributed by atoms with Gasteiger partial charge >= 0.3 is 6.18 Å². The summed E-state index contributed by atoms with van der Waals surface area (Å²) in [6, 6.07) is 4.28. The van der Waals surface area contributed by atoms with E-state index in [2.05, 4.69) is 40.0 Å². The molecule has 1 aliphatic rings. The molecule has 1 heterocycles. The smallest absolute Gasteiger partial charge is 0.365 e. The van der Waals surface area contributed by atoms with E-state index in [1.807, 2.05) is 6.92 Å². The maximum absolute atomic E-state index is 13.0. The summed E-state index contributed by atoms with van der Waals surface area (Å²) in [6.45, 7) is 7.71. The van der Waals surface area contributed by atoms with E-state index in [4.69, 9.17) is 0 Å². The zero-order valence-electron chi connectivity index (χ0n) is 12.3. The number of nitrogens with zero attached hydrogens (tertiary/aromatic N) is 1. The summed E-state index contributed by atoms with van der Waals surface area (Å²) in [4.78, 5) is 2.09. The highest BCUT2D eigenvalue weighted by molar-refractivity contribution is 9.10. The Bertz CT molecular complexity index is 502. The van der Waals surface area contributed by atoms with Crippen LogP contribution >= 0.6 is 15.9 Å². The summed E-state index contributed by atoms with van der Waals surface area (Å²) >= 11 is 3.40. The average Bonchev–Trinajstić information content (AvgIpc) is 2.37. The molecule has 1 fully saturated rings. The zero-order valence-corrected chi connectivity index (χ0v) is 13.9. The fourth-order valence-electron chi connectivity index (χ4n) is 2.71. The van der Waals surface area contributed by atoms with Crippen LogP contribution < -0.4 is 10.2 Å². The van der Waals surface area contributed by atoms with Gasteiger partial charge in [-0.05, 0) is 47.0 Å². The first-order valence-corrected chi connectivity index (χ1v) is 7.86. The van der Waals surface area contributed by atoms with E-state index < -0.39 is 11.7 Å². The molecule has 21 heavy (non-hydrogen) atoms. The Kier molecular flexibility index (Phi) is 4.88. The van der Waals surface area contributed by atoms with Gasteiger partial charge in [0.2, 0.25) is 0 Å². The van der Waals surface area contributed by atoms with Crippen molar-refractivity contribution < 1.29 is 13.2 Å². The number of benzene rings is 1. The van der Waals surface area contributed by atoms with Crippen molar-refractivity contribution in [3.63, 3.8) is 0 Å². The number of piperazine rings is 1. The van der Waals surface area contributed by atoms with Crippen molar-refractivity contribution >= 4 is 21.6 Å². The fraction of sp³-hybridized carbons (Fsp3) is 0.600. The Morgan fingerprint density at radius 1 is 1.33 bits per heavy atom. The van der Waals surface area contributed by atoms with Gasteiger partial charge in [-0.3, -0.25) is 0 Å². The fourth-order valence-corrected chi connectivity index (χ4v) is 3.18. The second-order valence-corrected chi connectivity index (χ2v) is 6.79. The van der Waals surface area contributed by atoms with Crippen LogP contribution in [0.1, 0.15) is 26.3 Å². The molecule has 2 nitrogen and oxygen atoms in total. The van der Waals surface area contributed by atoms with Gasteiger partial charge in [-0.15, -0.1) is 0 Å². The van der Waals surface area contributed by atoms with Crippen LogP contribution in [-0.2, 0) is 6.18 Å². The summed E-state index contributed by atoms with van der Waals surface area (Å²) in [7, 11) is 0. The second kappa shape index (κ2) is 6.16. The lowest BCUT2D eigenvalue weighted by molar-refractivity contribution is -0.137. The third kappa shape index (κ3) is 3.72. The first-order chi connectivity index (χ1) is 9.70. The lowest BCUT2D eigenvalue weighted by Gasteiger charge is -2.43. The van der Waals surface area contributed by atoms with Gasteiger partial charge in [0.25, 0.3) is 0 Å². The first kappa shape index (κ1) is 16.6. The molecular formula is C15H20BrF3N2. The Hall–Kier alpha value is -0.750. The van der Waals surface area contributed by atoms with Gasteiger partial charge in [0, 0.05) is 29.6 Å². The molecule has 0 aliphatic carbocycles. The predicted octanol–water partition coefficient (Wildman–Crippen LogP) is 4.29. The molecule has 1 saturated heterocycles. The summed E-state index contributed by atoms with van der Waals surface area (Å²) in [6.07, 6.45) is -4.32. The normalized spacial score (nSPS) is 23.7. The lowest BCUT2D eigenvalue weighted by Crippen LogP contribution is -2.57. The van der Waals surface area contributed by atoms with Crippen LogP contribution in [0.2, 0.25) is 0 Å². The molecule has 0 bridgehead atoms. The van der Waals surface area contributed by atoms with E-state index in [1.165, 1.54) is 12.1 Å². The molecule has 1 aliphatic heterocycles. The van der Waals surface area contributed by atoms with E-state index >= 15 is 0 Å². The molecule has 1 N–H and O–H groups in total. The van der Waals surface area contributed by atoms with Crippen LogP contribution in [0.4, 0.5) is 18.9 Å². The average molecular weight is 365 g/mol. The molecule has 2 unspecified atom stereocenters. The molecule has 1 aromatic carbocycles. The monoisotopic (exact) mass is 364 g/mol. The van der Waals surface area contributed by atoms with Crippen molar-refractivity contribution in [3.8, 4) is 0 Å². The molecule has 0 radical (unpaired) electrons. The number of alkyl halides is 3.